The minimum Gasteiger partial charge on any atom is -0.383 e. The highest BCUT2D eigenvalue weighted by Crippen LogP contribution is 2.53. The molecule has 3 aliphatic heterocycles. The van der Waals surface area contributed by atoms with Gasteiger partial charge in [0.25, 0.3) is 0 Å². The van der Waals surface area contributed by atoms with E-state index in [4.69, 9.17) is 4.74 Å². The lowest BCUT2D eigenvalue weighted by Crippen LogP contribution is -2.53. The number of imide groups is 1. The lowest BCUT2D eigenvalue weighted by molar-refractivity contribution is -0.143. The van der Waals surface area contributed by atoms with E-state index < -0.39 is 17.4 Å². The Morgan fingerprint density at radius 2 is 1.73 bits per heavy atom. The van der Waals surface area contributed by atoms with E-state index >= 15 is 0 Å². The molecule has 0 radical (unpaired) electrons. The second-order valence-electron chi connectivity index (χ2n) is 8.07. The van der Waals surface area contributed by atoms with E-state index in [2.05, 4.69) is 10.6 Å². The third-order valence-corrected chi connectivity index (χ3v) is 6.53. The van der Waals surface area contributed by atoms with Crippen LogP contribution in [-0.2, 0) is 31.1 Å². The molecule has 2 saturated heterocycles. The van der Waals surface area contributed by atoms with Crippen molar-refractivity contribution in [2.24, 2.45) is 11.8 Å². The Balaban J connectivity index is 1.60. The molecule has 3 heterocycles. The first kappa shape index (κ1) is 19.0. The van der Waals surface area contributed by atoms with E-state index in [9.17, 15) is 14.4 Å². The van der Waals surface area contributed by atoms with Crippen LogP contribution in [0.25, 0.3) is 0 Å². The molecule has 7 heteroatoms. The number of nitrogens with zero attached hydrogens (tertiary/aromatic N) is 1. The first-order chi connectivity index (χ1) is 14.6. The highest BCUT2D eigenvalue weighted by Gasteiger charge is 2.70. The van der Waals surface area contributed by atoms with Crippen LogP contribution in [0, 0.1) is 11.8 Å². The molecular formula is C23H23N3O4. The number of ether oxygens (including phenoxy) is 1. The predicted octanol–water partition coefficient (Wildman–Crippen LogP) is 1.30. The molecule has 30 heavy (non-hydrogen) atoms. The summed E-state index contributed by atoms with van der Waals surface area (Å²) in [7, 11) is 1.54. The molecule has 0 bridgehead atoms. The number of benzene rings is 2. The number of nitrogens with one attached hydrogen (secondary N) is 2. The fourth-order valence-corrected chi connectivity index (χ4v) is 5.26. The van der Waals surface area contributed by atoms with Crippen molar-refractivity contribution in [1.82, 2.24) is 10.2 Å². The molecule has 2 aromatic carbocycles. The maximum absolute atomic E-state index is 13.4. The molecule has 154 valence electrons. The largest absolute Gasteiger partial charge is 0.383 e. The molecule has 1 spiro atoms. The Labute approximate surface area is 174 Å². The summed E-state index contributed by atoms with van der Waals surface area (Å²) in [6.45, 7) is 0.460. The van der Waals surface area contributed by atoms with Crippen LogP contribution in [0.2, 0.25) is 0 Å². The van der Waals surface area contributed by atoms with Crippen LogP contribution >= 0.6 is 0 Å². The van der Waals surface area contributed by atoms with Crippen molar-refractivity contribution in [3.8, 4) is 0 Å². The van der Waals surface area contributed by atoms with Crippen LogP contribution < -0.4 is 10.6 Å². The van der Waals surface area contributed by atoms with Gasteiger partial charge in [0.2, 0.25) is 17.7 Å². The molecule has 3 amide bonds. The number of amides is 3. The fourth-order valence-electron chi connectivity index (χ4n) is 5.26. The average Bonchev–Trinajstić information content (AvgIpc) is 3.33. The van der Waals surface area contributed by atoms with E-state index in [1.807, 2.05) is 54.6 Å². The molecule has 0 aliphatic carbocycles. The quantitative estimate of drug-likeness (QED) is 0.732. The van der Waals surface area contributed by atoms with Crippen molar-refractivity contribution in [1.29, 1.82) is 0 Å². The van der Waals surface area contributed by atoms with E-state index in [0.717, 1.165) is 11.1 Å². The lowest BCUT2D eigenvalue weighted by atomic mass is 9.76. The normalized spacial score (nSPS) is 29.4. The monoisotopic (exact) mass is 405 g/mol. The second-order valence-corrected chi connectivity index (χ2v) is 8.07. The number of hydrogen-bond donors (Lipinski definition) is 2. The molecule has 5 rings (SSSR count). The zero-order valence-corrected chi connectivity index (χ0v) is 16.6. The molecule has 4 unspecified atom stereocenters. The maximum atomic E-state index is 13.4. The van der Waals surface area contributed by atoms with Gasteiger partial charge in [-0.3, -0.25) is 24.6 Å². The lowest BCUT2D eigenvalue weighted by Gasteiger charge is -2.29. The summed E-state index contributed by atoms with van der Waals surface area (Å²) in [4.78, 5) is 41.3. The number of rotatable bonds is 5. The summed E-state index contributed by atoms with van der Waals surface area (Å²) < 4.78 is 5.10. The summed E-state index contributed by atoms with van der Waals surface area (Å²) in [5.74, 6) is -2.20. The third-order valence-electron chi connectivity index (χ3n) is 6.53. The van der Waals surface area contributed by atoms with E-state index in [1.165, 1.54) is 12.0 Å². The van der Waals surface area contributed by atoms with Gasteiger partial charge in [-0.05, 0) is 18.1 Å². The topological polar surface area (TPSA) is 87.7 Å². The van der Waals surface area contributed by atoms with E-state index in [1.54, 1.807) is 0 Å². The standard InChI is InChI=1S/C23H23N3O4/c1-30-12-11-26-20(27)18-17(13-14-7-3-2-4-8-14)25-23(19(18)21(26)28)15-9-5-6-10-16(15)24-22(23)29/h2-10,17-19,25H,11-13H2,1H3,(H,24,29). The highest BCUT2D eigenvalue weighted by molar-refractivity contribution is 6.15. The number of hydrogen-bond acceptors (Lipinski definition) is 5. The van der Waals surface area contributed by atoms with Crippen molar-refractivity contribution >= 4 is 23.4 Å². The maximum Gasteiger partial charge on any atom is 0.250 e. The Morgan fingerprint density at radius 1 is 1.00 bits per heavy atom. The Kier molecular flexibility index (Phi) is 4.45. The first-order valence-corrected chi connectivity index (χ1v) is 10.1. The van der Waals surface area contributed by atoms with Crippen LogP contribution in [0.1, 0.15) is 11.1 Å². The average molecular weight is 405 g/mol. The number of para-hydroxylation sites is 1. The zero-order valence-electron chi connectivity index (χ0n) is 16.6. The first-order valence-electron chi connectivity index (χ1n) is 10.1. The van der Waals surface area contributed by atoms with E-state index in [-0.39, 0.29) is 36.9 Å². The summed E-state index contributed by atoms with van der Waals surface area (Å²) in [6.07, 6.45) is 0.552. The zero-order chi connectivity index (χ0) is 20.9. The SMILES string of the molecule is COCCN1C(=O)C2C(Cc3ccccc3)NC3(C(=O)Nc4ccccc43)C2C1=O. The minimum atomic E-state index is -1.24. The van der Waals surface area contributed by atoms with Gasteiger partial charge in [0.05, 0.1) is 25.0 Å². The van der Waals surface area contributed by atoms with Gasteiger partial charge in [0.1, 0.15) is 5.54 Å². The van der Waals surface area contributed by atoms with Crippen LogP contribution in [0.3, 0.4) is 0 Å². The van der Waals surface area contributed by atoms with Crippen LogP contribution in [-0.4, -0.2) is 48.9 Å². The van der Waals surface area contributed by atoms with Gasteiger partial charge in [0, 0.05) is 24.4 Å². The number of methoxy groups -OCH3 is 1. The van der Waals surface area contributed by atoms with Gasteiger partial charge < -0.3 is 10.1 Å². The van der Waals surface area contributed by atoms with Gasteiger partial charge >= 0.3 is 0 Å². The molecule has 0 saturated carbocycles. The molecule has 0 aromatic heterocycles. The van der Waals surface area contributed by atoms with Crippen LogP contribution in [0.4, 0.5) is 5.69 Å². The van der Waals surface area contributed by atoms with Crippen LogP contribution in [0.15, 0.2) is 54.6 Å². The molecule has 2 aromatic rings. The fraction of sp³-hybridized carbons (Fsp3) is 0.348. The van der Waals surface area contributed by atoms with Crippen molar-refractivity contribution in [3.63, 3.8) is 0 Å². The van der Waals surface area contributed by atoms with Gasteiger partial charge in [0.15, 0.2) is 0 Å². The van der Waals surface area contributed by atoms with Gasteiger partial charge in [-0.1, -0.05) is 48.5 Å². The molecule has 4 atom stereocenters. The smallest absolute Gasteiger partial charge is 0.250 e. The Morgan fingerprint density at radius 3 is 2.50 bits per heavy atom. The number of fused-ring (bicyclic) bond motifs is 4. The summed E-state index contributed by atoms with van der Waals surface area (Å²) in [5.41, 5.74) is 1.23. The summed E-state index contributed by atoms with van der Waals surface area (Å²) in [6, 6.07) is 16.9. The number of likely N-dealkylation sites (tertiary alicyclic amines) is 1. The van der Waals surface area contributed by atoms with Crippen LogP contribution in [0.5, 0.6) is 0 Å². The van der Waals surface area contributed by atoms with Gasteiger partial charge in [-0.25, -0.2) is 0 Å². The number of carbonyl (C=O) groups is 3. The highest BCUT2D eigenvalue weighted by atomic mass is 16.5. The van der Waals surface area contributed by atoms with E-state index in [0.29, 0.717) is 12.1 Å². The summed E-state index contributed by atoms with van der Waals surface area (Å²) >= 11 is 0. The van der Waals surface area contributed by atoms with Gasteiger partial charge in [-0.15, -0.1) is 0 Å². The van der Waals surface area contributed by atoms with Crippen molar-refractivity contribution in [2.45, 2.75) is 18.0 Å². The summed E-state index contributed by atoms with van der Waals surface area (Å²) in [5, 5.41) is 6.36. The molecule has 3 aliphatic rings. The van der Waals surface area contributed by atoms with Crippen molar-refractivity contribution in [3.05, 3.63) is 65.7 Å². The molecular weight excluding hydrogens is 382 g/mol. The van der Waals surface area contributed by atoms with Gasteiger partial charge in [-0.2, -0.15) is 0 Å². The predicted molar refractivity (Wildman–Crippen MR) is 109 cm³/mol. The second kappa shape index (κ2) is 7.04. The minimum absolute atomic E-state index is 0.193. The number of anilines is 1. The third kappa shape index (κ3) is 2.55. The Hall–Kier alpha value is -3.03. The molecule has 7 nitrogen and oxygen atoms in total. The van der Waals surface area contributed by atoms with Crippen molar-refractivity contribution < 1.29 is 19.1 Å². The molecule has 2 N–H and O–H groups in total. The van der Waals surface area contributed by atoms with Crippen molar-refractivity contribution in [2.75, 3.05) is 25.6 Å². The number of carbonyl (C=O) groups excluding carboxylic acids is 3. The molecule has 2 fully saturated rings. The Bertz CT molecular complexity index is 1020.